The van der Waals surface area contributed by atoms with Crippen LogP contribution >= 0.6 is 0 Å². The van der Waals surface area contributed by atoms with Crippen LogP contribution in [-0.4, -0.2) is 12.6 Å². The molecule has 0 amide bonds. The summed E-state index contributed by atoms with van der Waals surface area (Å²) in [5.41, 5.74) is 1.96. The van der Waals surface area contributed by atoms with Gasteiger partial charge in [0.1, 0.15) is 0 Å². The van der Waals surface area contributed by atoms with Gasteiger partial charge in [0.2, 0.25) is 0 Å². The van der Waals surface area contributed by atoms with Crippen molar-refractivity contribution in [1.29, 1.82) is 0 Å². The van der Waals surface area contributed by atoms with Gasteiger partial charge < -0.3 is 5.32 Å². The van der Waals surface area contributed by atoms with E-state index in [1.54, 1.807) is 0 Å². The van der Waals surface area contributed by atoms with Crippen molar-refractivity contribution in [3.05, 3.63) is 12.2 Å². The van der Waals surface area contributed by atoms with Gasteiger partial charge in [0.15, 0.2) is 0 Å². The van der Waals surface area contributed by atoms with Crippen molar-refractivity contribution in [3.8, 4) is 0 Å². The second-order valence-corrected chi connectivity index (χ2v) is 5.84. The average molecular weight is 209 g/mol. The van der Waals surface area contributed by atoms with E-state index in [9.17, 15) is 0 Å². The van der Waals surface area contributed by atoms with Gasteiger partial charge in [0.05, 0.1) is 0 Å². The Hall–Kier alpha value is -0.300. The van der Waals surface area contributed by atoms with Crippen molar-refractivity contribution in [1.82, 2.24) is 5.32 Å². The lowest BCUT2D eigenvalue weighted by Gasteiger charge is -2.15. The Morgan fingerprint density at radius 2 is 2.13 bits per heavy atom. The Kier molecular flexibility index (Phi) is 4.85. The fraction of sp³-hybridized carbons (Fsp3) is 0.857. The smallest absolute Gasteiger partial charge is 0.00729 e. The van der Waals surface area contributed by atoms with Gasteiger partial charge in [-0.15, -0.1) is 0 Å². The van der Waals surface area contributed by atoms with Crippen LogP contribution in [0.5, 0.6) is 0 Å². The Morgan fingerprint density at radius 3 is 2.67 bits per heavy atom. The first-order valence-corrected chi connectivity index (χ1v) is 6.43. The van der Waals surface area contributed by atoms with E-state index < -0.39 is 0 Å². The molecule has 0 aromatic heterocycles. The normalized spacial score (nSPS) is 24.3. The van der Waals surface area contributed by atoms with Crippen molar-refractivity contribution in [3.63, 3.8) is 0 Å². The molecule has 1 rings (SSSR count). The minimum absolute atomic E-state index is 0.519. The van der Waals surface area contributed by atoms with E-state index in [1.807, 2.05) is 0 Å². The zero-order chi connectivity index (χ0) is 11.3. The van der Waals surface area contributed by atoms with Crippen molar-refractivity contribution in [2.75, 3.05) is 6.54 Å². The fourth-order valence-electron chi connectivity index (χ4n) is 2.51. The lowest BCUT2D eigenvalue weighted by Crippen LogP contribution is -2.21. The summed E-state index contributed by atoms with van der Waals surface area (Å²) in [5, 5.41) is 3.62. The molecule has 1 heterocycles. The molecule has 0 aromatic carbocycles. The number of allylic oxidation sites excluding steroid dienone is 1. The molecule has 1 fully saturated rings. The molecule has 0 radical (unpaired) electrons. The van der Waals surface area contributed by atoms with E-state index in [4.69, 9.17) is 0 Å². The van der Waals surface area contributed by atoms with E-state index in [-0.39, 0.29) is 0 Å². The van der Waals surface area contributed by atoms with Crippen LogP contribution in [0.25, 0.3) is 0 Å². The highest BCUT2D eigenvalue weighted by atomic mass is 15.0. The van der Waals surface area contributed by atoms with E-state index >= 15 is 0 Å². The number of hydrogen-bond acceptors (Lipinski definition) is 1. The molecule has 15 heavy (non-hydrogen) atoms. The largest absolute Gasteiger partial charge is 0.313 e. The third kappa shape index (κ3) is 4.83. The van der Waals surface area contributed by atoms with Crippen molar-refractivity contribution < 1.29 is 0 Å². The van der Waals surface area contributed by atoms with Crippen molar-refractivity contribution in [2.45, 2.75) is 65.3 Å². The molecule has 1 N–H and O–H groups in total. The molecular weight excluding hydrogens is 182 g/mol. The molecule has 0 spiro atoms. The van der Waals surface area contributed by atoms with Gasteiger partial charge in [-0.1, -0.05) is 39.3 Å². The molecule has 0 aromatic rings. The average Bonchev–Trinajstić information content (AvgIpc) is 2.46. The number of hydrogen-bond donors (Lipinski definition) is 1. The fourth-order valence-corrected chi connectivity index (χ4v) is 2.51. The number of rotatable bonds is 6. The van der Waals surface area contributed by atoms with Gasteiger partial charge in [-0.25, -0.2) is 0 Å². The zero-order valence-electron chi connectivity index (χ0n) is 10.7. The summed E-state index contributed by atoms with van der Waals surface area (Å²) in [6, 6.07) is 0.759. The summed E-state index contributed by atoms with van der Waals surface area (Å²) in [6.45, 7) is 12.2. The Bertz CT molecular complexity index is 205. The summed E-state index contributed by atoms with van der Waals surface area (Å²) >= 11 is 0. The maximum absolute atomic E-state index is 4.12. The van der Waals surface area contributed by atoms with Crippen LogP contribution in [-0.2, 0) is 0 Å². The zero-order valence-corrected chi connectivity index (χ0v) is 10.7. The van der Waals surface area contributed by atoms with Gasteiger partial charge in [-0.2, -0.15) is 0 Å². The summed E-state index contributed by atoms with van der Waals surface area (Å²) in [4.78, 5) is 0. The molecule has 1 aliphatic heterocycles. The lowest BCUT2D eigenvalue weighted by atomic mass is 9.89. The molecule has 0 bridgehead atoms. The third-order valence-electron chi connectivity index (χ3n) is 3.35. The van der Waals surface area contributed by atoms with Gasteiger partial charge in [0, 0.05) is 12.6 Å². The van der Waals surface area contributed by atoms with Crippen molar-refractivity contribution in [2.24, 2.45) is 5.41 Å². The molecule has 1 nitrogen and oxygen atoms in total. The van der Waals surface area contributed by atoms with Crippen LogP contribution in [0.15, 0.2) is 12.2 Å². The van der Waals surface area contributed by atoms with Gasteiger partial charge >= 0.3 is 0 Å². The Balaban J connectivity index is 2.09. The topological polar surface area (TPSA) is 12.0 Å². The predicted octanol–water partition coefficient (Wildman–Crippen LogP) is 3.90. The van der Waals surface area contributed by atoms with Crippen LogP contribution in [0, 0.1) is 5.41 Å². The lowest BCUT2D eigenvalue weighted by molar-refractivity contribution is 0.395. The van der Waals surface area contributed by atoms with E-state index in [1.165, 1.54) is 50.6 Å². The van der Waals surface area contributed by atoms with E-state index in [2.05, 4.69) is 32.7 Å². The first-order chi connectivity index (χ1) is 7.03. The maximum Gasteiger partial charge on any atom is 0.00729 e. The maximum atomic E-state index is 4.12. The highest BCUT2D eigenvalue weighted by Gasteiger charge is 2.29. The van der Waals surface area contributed by atoms with Gasteiger partial charge in [0.25, 0.3) is 0 Å². The monoisotopic (exact) mass is 209 g/mol. The summed E-state index contributed by atoms with van der Waals surface area (Å²) in [5.74, 6) is 0. The third-order valence-corrected chi connectivity index (χ3v) is 3.35. The Labute approximate surface area is 95.3 Å². The highest BCUT2D eigenvalue weighted by molar-refractivity contribution is 4.94. The molecule has 1 aliphatic rings. The van der Waals surface area contributed by atoms with Gasteiger partial charge in [-0.05, 0) is 37.5 Å². The second kappa shape index (κ2) is 5.69. The Morgan fingerprint density at radius 1 is 1.40 bits per heavy atom. The summed E-state index contributed by atoms with van der Waals surface area (Å²) < 4.78 is 0. The molecule has 1 saturated heterocycles. The van der Waals surface area contributed by atoms with E-state index in [0.717, 1.165) is 6.04 Å². The van der Waals surface area contributed by atoms with Crippen LogP contribution in [0.4, 0.5) is 0 Å². The van der Waals surface area contributed by atoms with Crippen LogP contribution in [0.2, 0.25) is 0 Å². The second-order valence-electron chi connectivity index (χ2n) is 5.84. The molecule has 0 saturated carbocycles. The first-order valence-electron chi connectivity index (χ1n) is 6.43. The molecule has 88 valence electrons. The molecular formula is C14H27N. The number of nitrogens with one attached hydrogen (secondary N) is 1. The van der Waals surface area contributed by atoms with Crippen molar-refractivity contribution >= 4 is 0 Å². The van der Waals surface area contributed by atoms with E-state index in [0.29, 0.717) is 5.41 Å². The van der Waals surface area contributed by atoms with Crippen LogP contribution in [0.1, 0.15) is 59.3 Å². The molecule has 0 aliphatic carbocycles. The standard InChI is InChI=1S/C14H27N/c1-5-7-12(2)8-6-9-13-10-14(3,4)11-15-13/h13,15H,2,5-11H2,1,3-4H3. The van der Waals surface area contributed by atoms with Gasteiger partial charge in [-0.3, -0.25) is 0 Å². The summed E-state index contributed by atoms with van der Waals surface area (Å²) in [6.07, 6.45) is 7.66. The molecule has 1 unspecified atom stereocenters. The molecule has 1 atom stereocenters. The minimum atomic E-state index is 0.519. The minimum Gasteiger partial charge on any atom is -0.313 e. The SMILES string of the molecule is C=C(CCC)CCCC1CC(C)(C)CN1. The summed E-state index contributed by atoms with van der Waals surface area (Å²) in [7, 11) is 0. The quantitative estimate of drug-likeness (QED) is 0.654. The van der Waals surface area contributed by atoms with Crippen LogP contribution in [0.3, 0.4) is 0 Å². The van der Waals surface area contributed by atoms with Crippen LogP contribution < -0.4 is 5.32 Å². The highest BCUT2D eigenvalue weighted by Crippen LogP contribution is 2.29. The predicted molar refractivity (Wildman–Crippen MR) is 68.1 cm³/mol. The first kappa shape index (κ1) is 12.8. The molecule has 1 heteroatoms.